The minimum atomic E-state index is 0. The molecule has 0 amide bonds. The Kier molecular flexibility index (Phi) is 8.49. The van der Waals surface area contributed by atoms with Crippen LogP contribution in [0, 0.1) is 0 Å². The minimum Gasteiger partial charge on any atom is -0.356 e. The molecular formula is C15H23IN6. The molecule has 2 aromatic heterocycles. The fraction of sp³-hybridized carbons (Fsp3) is 0.400. The zero-order valence-corrected chi connectivity index (χ0v) is 15.3. The van der Waals surface area contributed by atoms with Crippen LogP contribution in [0.3, 0.4) is 0 Å². The highest BCUT2D eigenvalue weighted by Crippen LogP contribution is 1.96. The smallest absolute Gasteiger partial charge is 0.190 e. The Labute approximate surface area is 148 Å². The van der Waals surface area contributed by atoms with Crippen LogP contribution in [0.4, 0.5) is 0 Å². The summed E-state index contributed by atoms with van der Waals surface area (Å²) in [5, 5.41) is 10.7. The Morgan fingerprint density at radius 3 is 2.59 bits per heavy atom. The van der Waals surface area contributed by atoms with Crippen LogP contribution < -0.4 is 10.6 Å². The van der Waals surface area contributed by atoms with Crippen LogP contribution in [0.25, 0.3) is 0 Å². The van der Waals surface area contributed by atoms with Gasteiger partial charge in [-0.1, -0.05) is 6.07 Å². The lowest BCUT2D eigenvalue weighted by atomic mass is 10.2. The molecule has 0 spiro atoms. The molecule has 0 aliphatic rings. The van der Waals surface area contributed by atoms with Gasteiger partial charge in [0.05, 0.1) is 6.20 Å². The van der Waals surface area contributed by atoms with Gasteiger partial charge >= 0.3 is 0 Å². The lowest BCUT2D eigenvalue weighted by Crippen LogP contribution is -2.39. The summed E-state index contributed by atoms with van der Waals surface area (Å²) < 4.78 is 1.81. The molecule has 0 bridgehead atoms. The van der Waals surface area contributed by atoms with Gasteiger partial charge in [-0.15, -0.1) is 24.0 Å². The van der Waals surface area contributed by atoms with Crippen LogP contribution in [-0.4, -0.2) is 40.9 Å². The quantitative estimate of drug-likeness (QED) is 0.426. The molecule has 0 atom stereocenters. The lowest BCUT2D eigenvalue weighted by molar-refractivity contribution is 0.763. The van der Waals surface area contributed by atoms with Crippen molar-refractivity contribution in [1.82, 2.24) is 25.4 Å². The Bertz CT molecular complexity index is 566. The Morgan fingerprint density at radius 2 is 2.00 bits per heavy atom. The first-order chi connectivity index (χ1) is 10.3. The first kappa shape index (κ1) is 18.4. The molecule has 0 radical (unpaired) electrons. The van der Waals surface area contributed by atoms with Gasteiger partial charge in [-0.3, -0.25) is 14.7 Å². The second kappa shape index (κ2) is 10.1. The number of guanidine groups is 1. The molecule has 2 heterocycles. The number of aryl methyl sites for hydroxylation is 1. The van der Waals surface area contributed by atoms with Crippen LogP contribution in [0.1, 0.15) is 11.3 Å². The summed E-state index contributed by atoms with van der Waals surface area (Å²) in [7, 11) is 3.70. The summed E-state index contributed by atoms with van der Waals surface area (Å²) in [5.74, 6) is 0.815. The number of pyridine rings is 1. The van der Waals surface area contributed by atoms with Gasteiger partial charge in [0.2, 0.25) is 0 Å². The average molecular weight is 414 g/mol. The molecule has 120 valence electrons. The first-order valence-corrected chi connectivity index (χ1v) is 7.10. The van der Waals surface area contributed by atoms with Crippen molar-refractivity contribution in [2.24, 2.45) is 12.0 Å². The number of hydrogen-bond acceptors (Lipinski definition) is 3. The maximum atomic E-state index is 4.30. The van der Waals surface area contributed by atoms with Crippen molar-refractivity contribution in [3.8, 4) is 0 Å². The van der Waals surface area contributed by atoms with E-state index in [4.69, 9.17) is 0 Å². The molecule has 2 N–H and O–H groups in total. The maximum absolute atomic E-state index is 4.30. The lowest BCUT2D eigenvalue weighted by Gasteiger charge is -2.11. The van der Waals surface area contributed by atoms with Crippen LogP contribution >= 0.6 is 24.0 Å². The molecule has 0 fully saturated rings. The fourth-order valence-corrected chi connectivity index (χ4v) is 2.00. The molecule has 0 saturated carbocycles. The van der Waals surface area contributed by atoms with Crippen molar-refractivity contribution < 1.29 is 0 Å². The third-order valence-electron chi connectivity index (χ3n) is 3.09. The van der Waals surface area contributed by atoms with Crippen molar-refractivity contribution in [2.45, 2.75) is 12.8 Å². The van der Waals surface area contributed by atoms with Gasteiger partial charge in [0, 0.05) is 51.7 Å². The molecule has 0 aliphatic carbocycles. The number of nitrogens with zero attached hydrogens (tertiary/aromatic N) is 4. The molecule has 0 unspecified atom stereocenters. The maximum Gasteiger partial charge on any atom is 0.190 e. The standard InChI is InChI=1S/C15H22N6.HI/c1-16-15(18-9-6-13-11-20-21(2)12-13)19-10-7-14-5-3-4-8-17-14;/h3-5,8,11-12H,6-7,9-10H2,1-2H3,(H2,16,18,19);1H. The van der Waals surface area contributed by atoms with E-state index in [9.17, 15) is 0 Å². The molecule has 2 aromatic rings. The highest BCUT2D eigenvalue weighted by Gasteiger charge is 2.00. The molecule has 7 heteroatoms. The number of aliphatic imine (C=N–C) groups is 1. The predicted molar refractivity (Wildman–Crippen MR) is 99.6 cm³/mol. The van der Waals surface area contributed by atoms with Crippen molar-refractivity contribution >= 4 is 29.9 Å². The van der Waals surface area contributed by atoms with E-state index in [0.717, 1.165) is 37.6 Å². The summed E-state index contributed by atoms with van der Waals surface area (Å²) in [6.07, 6.45) is 7.53. The van der Waals surface area contributed by atoms with E-state index in [1.54, 1.807) is 7.05 Å². The second-order valence-corrected chi connectivity index (χ2v) is 4.77. The Hall–Kier alpha value is -1.64. The number of hydrogen-bond donors (Lipinski definition) is 2. The van der Waals surface area contributed by atoms with Gasteiger partial charge < -0.3 is 10.6 Å². The van der Waals surface area contributed by atoms with E-state index in [2.05, 4.69) is 25.7 Å². The molecule has 0 saturated heterocycles. The van der Waals surface area contributed by atoms with Gasteiger partial charge in [0.25, 0.3) is 0 Å². The molecule has 2 rings (SSSR count). The zero-order chi connectivity index (χ0) is 14.9. The van der Waals surface area contributed by atoms with E-state index in [-0.39, 0.29) is 24.0 Å². The molecule has 0 aromatic carbocycles. The normalized spacial score (nSPS) is 10.9. The third-order valence-corrected chi connectivity index (χ3v) is 3.09. The molecule has 6 nitrogen and oxygen atoms in total. The Balaban J connectivity index is 0.00000242. The van der Waals surface area contributed by atoms with Crippen LogP contribution in [-0.2, 0) is 19.9 Å². The molecule has 0 aliphatic heterocycles. The number of nitrogens with one attached hydrogen (secondary N) is 2. The largest absolute Gasteiger partial charge is 0.356 e. The van der Waals surface area contributed by atoms with Crippen LogP contribution in [0.2, 0.25) is 0 Å². The number of aromatic nitrogens is 3. The highest BCUT2D eigenvalue weighted by atomic mass is 127. The first-order valence-electron chi connectivity index (χ1n) is 7.10. The summed E-state index contributed by atoms with van der Waals surface area (Å²) in [6, 6.07) is 5.96. The van der Waals surface area contributed by atoms with Crippen molar-refractivity contribution in [1.29, 1.82) is 0 Å². The van der Waals surface area contributed by atoms with Gasteiger partial charge in [-0.05, 0) is 24.1 Å². The van der Waals surface area contributed by atoms with Gasteiger partial charge in [0.1, 0.15) is 0 Å². The zero-order valence-electron chi connectivity index (χ0n) is 13.0. The number of halogens is 1. The average Bonchev–Trinajstić information content (AvgIpc) is 2.92. The molecule has 22 heavy (non-hydrogen) atoms. The van der Waals surface area contributed by atoms with Gasteiger partial charge in [0.15, 0.2) is 5.96 Å². The fourth-order valence-electron chi connectivity index (χ4n) is 2.00. The predicted octanol–water partition coefficient (Wildman–Crippen LogP) is 1.38. The topological polar surface area (TPSA) is 67.1 Å². The second-order valence-electron chi connectivity index (χ2n) is 4.77. The highest BCUT2D eigenvalue weighted by molar-refractivity contribution is 14.0. The van der Waals surface area contributed by atoms with Crippen molar-refractivity contribution in [3.63, 3.8) is 0 Å². The minimum absolute atomic E-state index is 0. The van der Waals surface area contributed by atoms with E-state index in [1.807, 2.05) is 48.5 Å². The van der Waals surface area contributed by atoms with E-state index in [1.165, 1.54) is 5.56 Å². The summed E-state index contributed by atoms with van der Waals surface area (Å²) in [5.41, 5.74) is 2.30. The van der Waals surface area contributed by atoms with E-state index >= 15 is 0 Å². The van der Waals surface area contributed by atoms with Gasteiger partial charge in [-0.25, -0.2) is 0 Å². The summed E-state index contributed by atoms with van der Waals surface area (Å²) in [6.45, 7) is 1.64. The van der Waals surface area contributed by atoms with Crippen molar-refractivity contribution in [3.05, 3.63) is 48.0 Å². The van der Waals surface area contributed by atoms with E-state index in [0.29, 0.717) is 0 Å². The van der Waals surface area contributed by atoms with Crippen LogP contribution in [0.5, 0.6) is 0 Å². The van der Waals surface area contributed by atoms with Crippen molar-refractivity contribution in [2.75, 3.05) is 20.1 Å². The van der Waals surface area contributed by atoms with E-state index < -0.39 is 0 Å². The monoisotopic (exact) mass is 414 g/mol. The summed E-state index contributed by atoms with van der Waals surface area (Å²) in [4.78, 5) is 8.50. The third kappa shape index (κ3) is 6.42. The number of rotatable bonds is 6. The SMILES string of the molecule is CN=C(NCCc1cnn(C)c1)NCCc1ccccn1.I. The Morgan fingerprint density at radius 1 is 1.23 bits per heavy atom. The van der Waals surface area contributed by atoms with Crippen LogP contribution in [0.15, 0.2) is 41.8 Å². The molecular weight excluding hydrogens is 391 g/mol. The van der Waals surface area contributed by atoms with Gasteiger partial charge in [-0.2, -0.15) is 5.10 Å². The summed E-state index contributed by atoms with van der Waals surface area (Å²) >= 11 is 0.